The first kappa shape index (κ1) is 18.6. The van der Waals surface area contributed by atoms with Gasteiger partial charge in [0.25, 0.3) is 0 Å². The van der Waals surface area contributed by atoms with Crippen LogP contribution in [0.4, 0.5) is 23.1 Å². The maximum Gasteiger partial charge on any atom is 0.323 e. The third kappa shape index (κ3) is 4.50. The number of anilines is 1. The van der Waals surface area contributed by atoms with Gasteiger partial charge in [-0.15, -0.1) is 10.2 Å². The molecule has 2 atom stereocenters. The number of hydrogen-bond donors (Lipinski definition) is 2. The molecule has 0 radical (unpaired) electrons. The summed E-state index contributed by atoms with van der Waals surface area (Å²) in [5, 5.41) is 14.1. The zero-order valence-corrected chi connectivity index (χ0v) is 14.8. The molecular weight excluding hydrogens is 367 g/mol. The lowest BCUT2D eigenvalue weighted by Gasteiger charge is -2.34. The molecule has 0 bridgehead atoms. The molecule has 10 heteroatoms. The van der Waals surface area contributed by atoms with Crippen LogP contribution in [0.1, 0.15) is 17.0 Å². The number of hydrogen-bond acceptors (Lipinski definition) is 5. The number of likely N-dealkylation sites (N-methyl/N-ethyl adjacent to an activating group) is 1. The maximum atomic E-state index is 14.0. The monoisotopic (exact) mass is 385 g/mol. The largest absolute Gasteiger partial charge is 0.323 e. The van der Waals surface area contributed by atoms with E-state index in [1.807, 2.05) is 0 Å². The molecule has 6 nitrogen and oxygen atoms in total. The van der Waals surface area contributed by atoms with Crippen LogP contribution in [0.2, 0.25) is 0 Å². The van der Waals surface area contributed by atoms with E-state index in [9.17, 15) is 18.0 Å². The Morgan fingerprint density at radius 2 is 2.08 bits per heavy atom. The lowest BCUT2D eigenvalue weighted by atomic mass is 10.0. The first-order valence-corrected chi connectivity index (χ1v) is 8.90. The topological polar surface area (TPSA) is 70.2 Å². The summed E-state index contributed by atoms with van der Waals surface area (Å²) in [6, 6.07) is 2.19. The van der Waals surface area contributed by atoms with Crippen LogP contribution in [-0.4, -0.2) is 53.5 Å². The van der Waals surface area contributed by atoms with Crippen LogP contribution >= 0.6 is 11.3 Å². The van der Waals surface area contributed by atoms with Crippen LogP contribution < -0.4 is 10.6 Å². The zero-order chi connectivity index (χ0) is 18.7. The summed E-state index contributed by atoms with van der Waals surface area (Å²) >= 11 is 1.10. The van der Waals surface area contributed by atoms with Crippen LogP contribution in [0.3, 0.4) is 0 Å². The second kappa shape index (κ2) is 8.00. The summed E-state index contributed by atoms with van der Waals surface area (Å²) in [5.41, 5.74) is 0.419. The number of benzene rings is 1. The van der Waals surface area contributed by atoms with Gasteiger partial charge in [-0.2, -0.15) is 0 Å². The number of halogens is 3. The van der Waals surface area contributed by atoms with Crippen LogP contribution in [0, 0.1) is 11.6 Å². The van der Waals surface area contributed by atoms with E-state index >= 15 is 0 Å². The van der Waals surface area contributed by atoms with Gasteiger partial charge < -0.3 is 10.2 Å². The summed E-state index contributed by atoms with van der Waals surface area (Å²) in [4.78, 5) is 13.6. The Labute approximate surface area is 152 Å². The van der Waals surface area contributed by atoms with Crippen LogP contribution in [0.25, 0.3) is 0 Å². The fourth-order valence-electron chi connectivity index (χ4n) is 2.78. The smallest absolute Gasteiger partial charge is 0.320 e. The highest BCUT2D eigenvalue weighted by Crippen LogP contribution is 2.21. The molecule has 1 aliphatic heterocycles. The molecule has 140 valence electrons. The van der Waals surface area contributed by atoms with E-state index < -0.39 is 29.9 Å². The molecule has 1 fully saturated rings. The van der Waals surface area contributed by atoms with Gasteiger partial charge in [-0.25, -0.2) is 18.0 Å². The Morgan fingerprint density at radius 3 is 2.77 bits per heavy atom. The van der Waals surface area contributed by atoms with Crippen molar-refractivity contribution in [1.82, 2.24) is 20.4 Å². The molecule has 0 aliphatic carbocycles. The summed E-state index contributed by atoms with van der Waals surface area (Å²) in [7, 11) is 1.52. The summed E-state index contributed by atoms with van der Waals surface area (Å²) < 4.78 is 40.4. The van der Waals surface area contributed by atoms with E-state index in [1.54, 1.807) is 0 Å². The Kier molecular flexibility index (Phi) is 5.72. The molecule has 26 heavy (non-hydrogen) atoms. The van der Waals surface area contributed by atoms with Gasteiger partial charge in [0.15, 0.2) is 0 Å². The Hall–Kier alpha value is -2.20. The molecule has 1 saturated heterocycles. The quantitative estimate of drug-likeness (QED) is 0.849. The van der Waals surface area contributed by atoms with Crippen molar-refractivity contribution >= 4 is 22.5 Å². The third-order valence-electron chi connectivity index (χ3n) is 4.14. The van der Waals surface area contributed by atoms with E-state index in [1.165, 1.54) is 24.1 Å². The number of aromatic nitrogens is 2. The van der Waals surface area contributed by atoms with E-state index in [-0.39, 0.29) is 11.6 Å². The number of nitrogens with one attached hydrogen (secondary N) is 2. The molecule has 1 aromatic heterocycles. The molecule has 2 amide bonds. The normalized spacial score (nSPS) is 20.0. The Bertz CT molecular complexity index is 767. The fourth-order valence-corrected chi connectivity index (χ4v) is 3.55. The molecule has 2 aromatic rings. The maximum absolute atomic E-state index is 14.0. The van der Waals surface area contributed by atoms with Crippen molar-refractivity contribution in [2.45, 2.75) is 25.1 Å². The van der Waals surface area contributed by atoms with E-state index in [0.717, 1.165) is 17.4 Å². The standard InChI is InChI=1S/C16H18F3N5OS/c1-24(13-8-20-3-2-12(13)19)16(25)21-15-23-22-14(26-15)6-9-4-10(17)7-11(18)5-9/h4-5,7,12-13,20H,2-3,6,8H2,1H3,(H,21,23,25)/t12-,13+/m1/s1. The molecule has 0 spiro atoms. The number of carbonyl (C=O) groups excluding carboxylic acids is 1. The van der Waals surface area contributed by atoms with Crippen molar-refractivity contribution < 1.29 is 18.0 Å². The van der Waals surface area contributed by atoms with E-state index in [0.29, 0.717) is 30.1 Å². The van der Waals surface area contributed by atoms with Gasteiger partial charge in [0.1, 0.15) is 22.8 Å². The van der Waals surface area contributed by atoms with Crippen molar-refractivity contribution in [3.63, 3.8) is 0 Å². The number of urea groups is 1. The van der Waals surface area contributed by atoms with E-state index in [2.05, 4.69) is 20.8 Å². The average Bonchev–Trinajstić information content (AvgIpc) is 3.00. The molecule has 2 heterocycles. The van der Waals surface area contributed by atoms with Crippen molar-refractivity contribution in [3.05, 3.63) is 40.4 Å². The van der Waals surface area contributed by atoms with Crippen LogP contribution in [-0.2, 0) is 6.42 Å². The minimum Gasteiger partial charge on any atom is -0.320 e. The van der Waals surface area contributed by atoms with Crippen LogP contribution in [0.5, 0.6) is 0 Å². The predicted octanol–water partition coefficient (Wildman–Crippen LogP) is 2.57. The lowest BCUT2D eigenvalue weighted by molar-refractivity contribution is 0.125. The molecule has 3 rings (SSSR count). The van der Waals surface area contributed by atoms with Crippen molar-refractivity contribution in [1.29, 1.82) is 0 Å². The lowest BCUT2D eigenvalue weighted by Crippen LogP contribution is -2.53. The summed E-state index contributed by atoms with van der Waals surface area (Å²) in [6.07, 6.45) is -0.535. The second-order valence-electron chi connectivity index (χ2n) is 6.07. The van der Waals surface area contributed by atoms with Gasteiger partial charge in [-0.05, 0) is 30.7 Å². The highest BCUT2D eigenvalue weighted by molar-refractivity contribution is 7.15. The zero-order valence-electron chi connectivity index (χ0n) is 14.0. The van der Waals surface area contributed by atoms with Gasteiger partial charge in [-0.3, -0.25) is 5.32 Å². The van der Waals surface area contributed by atoms with Crippen molar-refractivity contribution in [2.24, 2.45) is 0 Å². The van der Waals surface area contributed by atoms with Crippen molar-refractivity contribution in [2.75, 3.05) is 25.5 Å². The number of amides is 2. The number of alkyl halides is 1. The minimum atomic E-state index is -1.08. The minimum absolute atomic E-state index is 0.192. The molecule has 1 aliphatic rings. The first-order valence-electron chi connectivity index (χ1n) is 8.08. The fraction of sp³-hybridized carbons (Fsp3) is 0.438. The van der Waals surface area contributed by atoms with Gasteiger partial charge >= 0.3 is 6.03 Å². The van der Waals surface area contributed by atoms with Gasteiger partial charge in [-0.1, -0.05) is 11.3 Å². The second-order valence-corrected chi connectivity index (χ2v) is 7.13. The first-order chi connectivity index (χ1) is 12.4. The summed E-state index contributed by atoms with van der Waals surface area (Å²) in [5.74, 6) is -1.33. The number of nitrogens with zero attached hydrogens (tertiary/aromatic N) is 3. The molecule has 0 unspecified atom stereocenters. The van der Waals surface area contributed by atoms with Crippen molar-refractivity contribution in [3.8, 4) is 0 Å². The predicted molar refractivity (Wildman–Crippen MR) is 92.0 cm³/mol. The highest BCUT2D eigenvalue weighted by atomic mass is 32.1. The molecule has 2 N–H and O–H groups in total. The molecular formula is C16H18F3N5OS. The van der Waals surface area contributed by atoms with E-state index in [4.69, 9.17) is 0 Å². The number of rotatable bonds is 4. The van der Waals surface area contributed by atoms with Gasteiger partial charge in [0.05, 0.1) is 6.04 Å². The Morgan fingerprint density at radius 1 is 1.35 bits per heavy atom. The molecule has 1 aromatic carbocycles. The highest BCUT2D eigenvalue weighted by Gasteiger charge is 2.31. The van der Waals surface area contributed by atoms with Crippen LogP contribution in [0.15, 0.2) is 18.2 Å². The Balaban J connectivity index is 1.61. The summed E-state index contributed by atoms with van der Waals surface area (Å²) in [6.45, 7) is 0.977. The molecule has 0 saturated carbocycles. The van der Waals surface area contributed by atoms with Gasteiger partial charge in [0.2, 0.25) is 5.13 Å². The number of piperidine rings is 1. The SMILES string of the molecule is CN(C(=O)Nc1nnc(Cc2cc(F)cc(F)c2)s1)[C@H]1CNCC[C@H]1F. The van der Waals surface area contributed by atoms with Gasteiger partial charge in [0, 0.05) is 26.1 Å². The average molecular weight is 385 g/mol. The number of carbonyl (C=O) groups is 1. The third-order valence-corrected chi connectivity index (χ3v) is 4.98.